The Morgan fingerprint density at radius 3 is 2.17 bits per heavy atom. The summed E-state index contributed by atoms with van der Waals surface area (Å²) in [6.07, 6.45) is 8.99. The summed E-state index contributed by atoms with van der Waals surface area (Å²) >= 11 is 0. The summed E-state index contributed by atoms with van der Waals surface area (Å²) in [5, 5.41) is 9.13. The summed E-state index contributed by atoms with van der Waals surface area (Å²) in [5.41, 5.74) is 0. The fourth-order valence-electron chi connectivity index (χ4n) is 3.80. The number of carbonyl (C=O) groups excluding carboxylic acids is 2. The third-order valence-corrected chi connectivity index (χ3v) is 5.33. The molecule has 2 fully saturated rings. The fraction of sp³-hybridized carbons (Fsp3) is 0.833. The van der Waals surface area contributed by atoms with Gasteiger partial charge in [-0.15, -0.1) is 0 Å². The normalized spacial score (nSPS) is 23.2. The van der Waals surface area contributed by atoms with Crippen LogP contribution in [0.1, 0.15) is 57.8 Å². The first kappa shape index (κ1) is 18.7. The van der Waals surface area contributed by atoms with Gasteiger partial charge in [-0.3, -0.25) is 14.4 Å². The van der Waals surface area contributed by atoms with Gasteiger partial charge in [0.15, 0.2) is 0 Å². The highest BCUT2D eigenvalue weighted by molar-refractivity contribution is 5.86. The minimum Gasteiger partial charge on any atom is -0.481 e. The van der Waals surface area contributed by atoms with Crippen molar-refractivity contribution in [3.8, 4) is 0 Å². The van der Waals surface area contributed by atoms with Crippen LogP contribution in [-0.2, 0) is 14.4 Å². The Kier molecular flexibility index (Phi) is 7.06. The molecule has 24 heavy (non-hydrogen) atoms. The lowest BCUT2D eigenvalue weighted by Crippen LogP contribution is -2.47. The number of amides is 2. The Balaban J connectivity index is 1.85. The minimum atomic E-state index is -0.841. The molecule has 0 bridgehead atoms. The highest BCUT2D eigenvalue weighted by Crippen LogP contribution is 2.24. The molecule has 1 saturated heterocycles. The van der Waals surface area contributed by atoms with Crippen molar-refractivity contribution in [2.75, 3.05) is 26.7 Å². The van der Waals surface area contributed by atoms with Crippen LogP contribution in [0.4, 0.5) is 0 Å². The number of carbonyl (C=O) groups is 3. The molecule has 1 unspecified atom stereocenters. The van der Waals surface area contributed by atoms with Crippen LogP contribution in [0.2, 0.25) is 0 Å². The van der Waals surface area contributed by atoms with Gasteiger partial charge in [0.1, 0.15) is 0 Å². The van der Waals surface area contributed by atoms with E-state index in [-0.39, 0.29) is 30.8 Å². The Labute approximate surface area is 144 Å². The lowest BCUT2D eigenvalue weighted by Gasteiger charge is -2.32. The summed E-state index contributed by atoms with van der Waals surface area (Å²) in [6, 6.07) is 0. The third kappa shape index (κ3) is 5.21. The maximum atomic E-state index is 12.6. The van der Waals surface area contributed by atoms with Crippen molar-refractivity contribution in [3.05, 3.63) is 0 Å². The molecule has 0 radical (unpaired) electrons. The van der Waals surface area contributed by atoms with Crippen LogP contribution in [0.3, 0.4) is 0 Å². The van der Waals surface area contributed by atoms with Gasteiger partial charge in [-0.2, -0.15) is 0 Å². The molecule has 1 aliphatic heterocycles. The number of carboxylic acids is 1. The number of aliphatic carboxylic acids is 1. The van der Waals surface area contributed by atoms with E-state index in [1.54, 1.807) is 16.8 Å². The molecule has 2 amide bonds. The molecule has 1 atom stereocenters. The first-order valence-corrected chi connectivity index (χ1v) is 9.24. The van der Waals surface area contributed by atoms with Crippen molar-refractivity contribution in [3.63, 3.8) is 0 Å². The van der Waals surface area contributed by atoms with Gasteiger partial charge in [0.2, 0.25) is 11.8 Å². The molecule has 0 aromatic rings. The Bertz CT molecular complexity index is 458. The van der Waals surface area contributed by atoms with E-state index in [1.807, 2.05) is 0 Å². The van der Waals surface area contributed by atoms with Gasteiger partial charge in [-0.25, -0.2) is 0 Å². The molecule has 0 spiro atoms. The average molecular weight is 338 g/mol. The average Bonchev–Trinajstić information content (AvgIpc) is 2.54. The smallest absolute Gasteiger partial charge is 0.308 e. The van der Waals surface area contributed by atoms with E-state index in [1.165, 1.54) is 19.3 Å². The lowest BCUT2D eigenvalue weighted by atomic mass is 9.90. The molecule has 1 aliphatic carbocycles. The van der Waals surface area contributed by atoms with Gasteiger partial charge in [0, 0.05) is 26.1 Å². The van der Waals surface area contributed by atoms with Crippen molar-refractivity contribution in [2.24, 2.45) is 11.8 Å². The maximum Gasteiger partial charge on any atom is 0.308 e. The van der Waals surface area contributed by atoms with Crippen LogP contribution < -0.4 is 0 Å². The molecule has 0 aromatic carbocycles. The fourth-order valence-corrected chi connectivity index (χ4v) is 3.80. The monoisotopic (exact) mass is 338 g/mol. The van der Waals surface area contributed by atoms with Crippen molar-refractivity contribution in [2.45, 2.75) is 57.8 Å². The van der Waals surface area contributed by atoms with E-state index in [4.69, 9.17) is 5.11 Å². The van der Waals surface area contributed by atoms with Crippen LogP contribution in [0.25, 0.3) is 0 Å². The van der Waals surface area contributed by atoms with Gasteiger partial charge in [0.25, 0.3) is 0 Å². The molecule has 1 N–H and O–H groups in total. The second-order valence-electron chi connectivity index (χ2n) is 7.25. The topological polar surface area (TPSA) is 77.9 Å². The van der Waals surface area contributed by atoms with E-state index < -0.39 is 11.9 Å². The highest BCUT2D eigenvalue weighted by atomic mass is 16.4. The quantitative estimate of drug-likeness (QED) is 0.852. The number of hydrogen-bond donors (Lipinski definition) is 1. The van der Waals surface area contributed by atoms with Crippen molar-refractivity contribution < 1.29 is 19.5 Å². The van der Waals surface area contributed by atoms with Crippen LogP contribution in [-0.4, -0.2) is 59.4 Å². The maximum absolute atomic E-state index is 12.6. The molecule has 6 nitrogen and oxygen atoms in total. The SMILES string of the molecule is CN(CC(=O)N1CCCC(C(=O)O)C1)C(=O)C1CCCCCCC1. The summed E-state index contributed by atoms with van der Waals surface area (Å²) < 4.78 is 0. The molecule has 2 aliphatic rings. The van der Waals surface area contributed by atoms with Crippen molar-refractivity contribution in [1.29, 1.82) is 0 Å². The number of likely N-dealkylation sites (N-methyl/N-ethyl adjacent to an activating group) is 1. The number of hydrogen-bond acceptors (Lipinski definition) is 3. The standard InChI is InChI=1S/C18H30N2O4/c1-19(17(22)14-8-5-3-2-4-6-9-14)13-16(21)20-11-7-10-15(12-20)18(23)24/h14-15H,2-13H2,1H3,(H,23,24). The molecule has 1 saturated carbocycles. The second-order valence-corrected chi connectivity index (χ2v) is 7.25. The van der Waals surface area contributed by atoms with Crippen LogP contribution >= 0.6 is 0 Å². The molecule has 6 heteroatoms. The van der Waals surface area contributed by atoms with E-state index in [0.29, 0.717) is 19.4 Å². The van der Waals surface area contributed by atoms with Crippen LogP contribution in [0.15, 0.2) is 0 Å². The van der Waals surface area contributed by atoms with Gasteiger partial charge in [-0.1, -0.05) is 32.1 Å². The Morgan fingerprint density at radius 2 is 1.54 bits per heavy atom. The van der Waals surface area contributed by atoms with E-state index in [9.17, 15) is 14.4 Å². The van der Waals surface area contributed by atoms with Crippen LogP contribution in [0.5, 0.6) is 0 Å². The predicted molar refractivity (Wildman–Crippen MR) is 90.4 cm³/mol. The van der Waals surface area contributed by atoms with Crippen LogP contribution in [0, 0.1) is 11.8 Å². The molecule has 2 rings (SSSR count). The van der Waals surface area contributed by atoms with Gasteiger partial charge in [0.05, 0.1) is 12.5 Å². The number of nitrogens with zero attached hydrogens (tertiary/aromatic N) is 2. The number of piperidine rings is 1. The van der Waals surface area contributed by atoms with Gasteiger partial charge in [-0.05, 0) is 25.7 Å². The Hall–Kier alpha value is -1.59. The zero-order valence-corrected chi connectivity index (χ0v) is 14.7. The predicted octanol–water partition coefficient (Wildman–Crippen LogP) is 2.13. The zero-order valence-electron chi connectivity index (χ0n) is 14.7. The number of carboxylic acid groups (broad SMARTS) is 1. The summed E-state index contributed by atoms with van der Waals surface area (Å²) in [7, 11) is 1.69. The Morgan fingerprint density at radius 1 is 0.958 bits per heavy atom. The van der Waals surface area contributed by atoms with E-state index >= 15 is 0 Å². The van der Waals surface area contributed by atoms with E-state index in [0.717, 1.165) is 25.7 Å². The minimum absolute atomic E-state index is 0.0382. The number of rotatable bonds is 4. The van der Waals surface area contributed by atoms with Crippen molar-refractivity contribution >= 4 is 17.8 Å². The molecular formula is C18H30N2O4. The molecule has 0 aromatic heterocycles. The van der Waals surface area contributed by atoms with E-state index in [2.05, 4.69) is 0 Å². The zero-order chi connectivity index (χ0) is 17.5. The molecule has 1 heterocycles. The summed E-state index contributed by atoms with van der Waals surface area (Å²) in [6.45, 7) is 0.912. The second kappa shape index (κ2) is 9.04. The molecular weight excluding hydrogens is 308 g/mol. The van der Waals surface area contributed by atoms with Gasteiger partial charge >= 0.3 is 5.97 Å². The first-order valence-electron chi connectivity index (χ1n) is 9.24. The van der Waals surface area contributed by atoms with Crippen molar-refractivity contribution in [1.82, 2.24) is 9.80 Å². The summed E-state index contributed by atoms with van der Waals surface area (Å²) in [4.78, 5) is 39.3. The summed E-state index contributed by atoms with van der Waals surface area (Å²) in [5.74, 6) is -1.35. The van der Waals surface area contributed by atoms with Gasteiger partial charge < -0.3 is 14.9 Å². The lowest BCUT2D eigenvalue weighted by molar-refractivity contribution is -0.148. The first-order chi connectivity index (χ1) is 11.5. The molecule has 136 valence electrons. The largest absolute Gasteiger partial charge is 0.481 e. The third-order valence-electron chi connectivity index (χ3n) is 5.33. The number of likely N-dealkylation sites (tertiary alicyclic amines) is 1. The highest BCUT2D eigenvalue weighted by Gasteiger charge is 2.30.